The Bertz CT molecular complexity index is 471. The minimum Gasteiger partial charge on any atom is -0.481 e. The molecule has 1 fully saturated rings. The number of hydrogen-bond acceptors (Lipinski definition) is 3. The van der Waals surface area contributed by atoms with Crippen molar-refractivity contribution in [1.29, 1.82) is 0 Å². The van der Waals surface area contributed by atoms with Crippen molar-refractivity contribution < 1.29 is 14.7 Å². The van der Waals surface area contributed by atoms with E-state index < -0.39 is 11.9 Å². The van der Waals surface area contributed by atoms with Gasteiger partial charge in [0.15, 0.2) is 0 Å². The zero-order valence-corrected chi connectivity index (χ0v) is 12.7. The monoisotopic (exact) mass is 295 g/mol. The zero-order valence-electron chi connectivity index (χ0n) is 11.8. The van der Waals surface area contributed by atoms with Crippen molar-refractivity contribution in [2.45, 2.75) is 39.2 Å². The molecule has 1 saturated carbocycles. The van der Waals surface area contributed by atoms with Crippen LogP contribution in [0, 0.1) is 17.8 Å². The number of aliphatic carboxylic acids is 1. The van der Waals surface area contributed by atoms with Crippen LogP contribution in [0.15, 0.2) is 17.5 Å². The third-order valence-electron chi connectivity index (χ3n) is 4.22. The lowest BCUT2D eigenvalue weighted by Gasteiger charge is -2.19. The van der Waals surface area contributed by atoms with Crippen LogP contribution < -0.4 is 5.32 Å². The van der Waals surface area contributed by atoms with Gasteiger partial charge in [-0.3, -0.25) is 9.59 Å². The summed E-state index contributed by atoms with van der Waals surface area (Å²) in [5.41, 5.74) is 0. The van der Waals surface area contributed by atoms with Crippen molar-refractivity contribution in [2.75, 3.05) is 0 Å². The maximum atomic E-state index is 12.4. The first kappa shape index (κ1) is 15.0. The molecule has 2 N–H and O–H groups in total. The molecule has 1 aliphatic rings. The predicted molar refractivity (Wildman–Crippen MR) is 78.5 cm³/mol. The van der Waals surface area contributed by atoms with Gasteiger partial charge in [-0.2, -0.15) is 0 Å². The highest BCUT2D eigenvalue weighted by atomic mass is 32.1. The SMILES string of the molecule is CCC1CC(C(=O)O)C(C(=O)N[C@@H](C)c2cccs2)C1. The van der Waals surface area contributed by atoms with Gasteiger partial charge in [0.25, 0.3) is 0 Å². The van der Waals surface area contributed by atoms with Gasteiger partial charge in [-0.05, 0) is 37.1 Å². The summed E-state index contributed by atoms with van der Waals surface area (Å²) < 4.78 is 0. The van der Waals surface area contributed by atoms with E-state index in [2.05, 4.69) is 12.2 Å². The van der Waals surface area contributed by atoms with Crippen LogP contribution in [0.25, 0.3) is 0 Å². The van der Waals surface area contributed by atoms with Crippen molar-refractivity contribution in [2.24, 2.45) is 17.8 Å². The number of thiophene rings is 1. The fourth-order valence-corrected chi connectivity index (χ4v) is 3.70. The number of carbonyl (C=O) groups is 2. The number of amides is 1. The number of rotatable bonds is 5. The van der Waals surface area contributed by atoms with E-state index in [0.717, 1.165) is 11.3 Å². The lowest BCUT2D eigenvalue weighted by atomic mass is 9.95. The average Bonchev–Trinajstić information content (AvgIpc) is 3.07. The summed E-state index contributed by atoms with van der Waals surface area (Å²) in [5, 5.41) is 14.2. The van der Waals surface area contributed by atoms with Crippen molar-refractivity contribution >= 4 is 23.2 Å². The molecule has 1 amide bonds. The topological polar surface area (TPSA) is 66.4 Å². The minimum atomic E-state index is -0.843. The molecule has 0 spiro atoms. The first-order valence-electron chi connectivity index (χ1n) is 7.09. The molecular weight excluding hydrogens is 274 g/mol. The summed E-state index contributed by atoms with van der Waals surface area (Å²) in [4.78, 5) is 24.8. The quantitative estimate of drug-likeness (QED) is 0.877. The molecule has 2 rings (SSSR count). The molecule has 1 heterocycles. The second-order valence-corrected chi connectivity index (χ2v) is 6.52. The Balaban J connectivity index is 2.02. The molecule has 0 bridgehead atoms. The first-order valence-corrected chi connectivity index (χ1v) is 7.97. The van der Waals surface area contributed by atoms with Gasteiger partial charge in [-0.1, -0.05) is 19.4 Å². The largest absolute Gasteiger partial charge is 0.481 e. The van der Waals surface area contributed by atoms with Gasteiger partial charge in [0, 0.05) is 4.88 Å². The average molecular weight is 295 g/mol. The van der Waals surface area contributed by atoms with Crippen molar-refractivity contribution in [3.63, 3.8) is 0 Å². The van der Waals surface area contributed by atoms with E-state index in [4.69, 9.17) is 0 Å². The van der Waals surface area contributed by atoms with Crippen LogP contribution in [0.1, 0.15) is 44.0 Å². The summed E-state index contributed by atoms with van der Waals surface area (Å²) >= 11 is 1.60. The summed E-state index contributed by atoms with van der Waals surface area (Å²) in [5.74, 6) is -1.53. The zero-order chi connectivity index (χ0) is 14.7. The third-order valence-corrected chi connectivity index (χ3v) is 5.28. The summed E-state index contributed by atoms with van der Waals surface area (Å²) in [6.07, 6.45) is 2.25. The molecule has 0 aliphatic heterocycles. The third kappa shape index (κ3) is 3.20. The van der Waals surface area contributed by atoms with Crippen molar-refractivity contribution in [3.8, 4) is 0 Å². The van der Waals surface area contributed by atoms with Gasteiger partial charge in [0.05, 0.1) is 17.9 Å². The van der Waals surface area contributed by atoms with Gasteiger partial charge in [-0.25, -0.2) is 0 Å². The lowest BCUT2D eigenvalue weighted by Crippen LogP contribution is -2.36. The molecule has 1 aliphatic carbocycles. The minimum absolute atomic E-state index is 0.0578. The van der Waals surface area contributed by atoms with Crippen molar-refractivity contribution in [3.05, 3.63) is 22.4 Å². The van der Waals surface area contributed by atoms with Crippen LogP contribution in [-0.2, 0) is 9.59 Å². The van der Waals surface area contributed by atoms with E-state index in [1.807, 2.05) is 24.4 Å². The van der Waals surface area contributed by atoms with E-state index in [9.17, 15) is 14.7 Å². The summed E-state index contributed by atoms with van der Waals surface area (Å²) in [6.45, 7) is 3.99. The lowest BCUT2D eigenvalue weighted by molar-refractivity contribution is -0.146. The molecule has 1 aromatic heterocycles. The highest BCUT2D eigenvalue weighted by molar-refractivity contribution is 7.10. The van der Waals surface area contributed by atoms with Crippen LogP contribution >= 0.6 is 11.3 Å². The van der Waals surface area contributed by atoms with Crippen LogP contribution in [0.2, 0.25) is 0 Å². The second-order valence-electron chi connectivity index (χ2n) is 5.54. The van der Waals surface area contributed by atoms with Gasteiger partial charge >= 0.3 is 5.97 Å². The maximum Gasteiger partial charge on any atom is 0.307 e. The number of hydrogen-bond donors (Lipinski definition) is 2. The molecule has 110 valence electrons. The molecule has 3 unspecified atom stereocenters. The smallest absolute Gasteiger partial charge is 0.307 e. The van der Waals surface area contributed by atoms with E-state index in [1.54, 1.807) is 11.3 Å². The Morgan fingerprint density at radius 2 is 2.15 bits per heavy atom. The van der Waals surface area contributed by atoms with E-state index >= 15 is 0 Å². The standard InChI is InChI=1S/C15H21NO3S/c1-3-10-7-11(12(8-10)15(18)19)14(17)16-9(2)13-5-4-6-20-13/h4-6,9-12H,3,7-8H2,1-2H3,(H,16,17)(H,18,19)/t9-,10?,11?,12?/m0/s1. The van der Waals surface area contributed by atoms with E-state index in [1.165, 1.54) is 0 Å². The molecule has 5 heteroatoms. The Morgan fingerprint density at radius 1 is 1.45 bits per heavy atom. The predicted octanol–water partition coefficient (Wildman–Crippen LogP) is 3.06. The molecule has 4 atom stereocenters. The Hall–Kier alpha value is -1.36. The molecule has 1 aromatic rings. The first-order chi connectivity index (χ1) is 9.52. The summed E-state index contributed by atoms with van der Waals surface area (Å²) in [6, 6.07) is 3.87. The van der Waals surface area contributed by atoms with E-state index in [0.29, 0.717) is 18.8 Å². The Labute approximate surface area is 123 Å². The fraction of sp³-hybridized carbons (Fsp3) is 0.600. The Morgan fingerprint density at radius 3 is 2.70 bits per heavy atom. The number of carbonyl (C=O) groups excluding carboxylic acids is 1. The fourth-order valence-electron chi connectivity index (χ4n) is 2.97. The molecule has 4 nitrogen and oxygen atoms in total. The second kappa shape index (κ2) is 6.39. The van der Waals surface area contributed by atoms with Gasteiger partial charge < -0.3 is 10.4 Å². The van der Waals surface area contributed by atoms with Crippen LogP contribution in [0.5, 0.6) is 0 Å². The molecule has 0 aromatic carbocycles. The van der Waals surface area contributed by atoms with Crippen molar-refractivity contribution in [1.82, 2.24) is 5.32 Å². The Kier molecular flexibility index (Phi) is 4.81. The highest BCUT2D eigenvalue weighted by Gasteiger charge is 2.42. The van der Waals surface area contributed by atoms with Gasteiger partial charge in [-0.15, -0.1) is 11.3 Å². The number of carboxylic acids is 1. The normalized spacial score (nSPS) is 27.2. The molecule has 20 heavy (non-hydrogen) atoms. The van der Waals surface area contributed by atoms with Crippen LogP contribution in [0.3, 0.4) is 0 Å². The molecule has 0 radical (unpaired) electrons. The van der Waals surface area contributed by atoms with Crippen LogP contribution in [-0.4, -0.2) is 17.0 Å². The number of carboxylic acid groups (broad SMARTS) is 1. The highest BCUT2D eigenvalue weighted by Crippen LogP contribution is 2.38. The van der Waals surface area contributed by atoms with Gasteiger partial charge in [0.1, 0.15) is 0 Å². The number of nitrogens with one attached hydrogen (secondary N) is 1. The summed E-state index contributed by atoms with van der Waals surface area (Å²) in [7, 11) is 0. The molecular formula is C15H21NO3S. The van der Waals surface area contributed by atoms with Gasteiger partial charge in [0.2, 0.25) is 5.91 Å². The maximum absolute atomic E-state index is 12.4. The molecule has 0 saturated heterocycles. The van der Waals surface area contributed by atoms with E-state index in [-0.39, 0.29) is 17.9 Å². The van der Waals surface area contributed by atoms with Crippen LogP contribution in [0.4, 0.5) is 0 Å².